The molecule has 1 N–H and O–H groups in total. The van der Waals surface area contributed by atoms with Gasteiger partial charge in [0.25, 0.3) is 0 Å². The lowest BCUT2D eigenvalue weighted by molar-refractivity contribution is -0.143. The van der Waals surface area contributed by atoms with Crippen molar-refractivity contribution in [3.63, 3.8) is 0 Å². The van der Waals surface area contributed by atoms with Gasteiger partial charge in [0.2, 0.25) is 0 Å². The van der Waals surface area contributed by atoms with Gasteiger partial charge in [-0.3, -0.25) is 4.79 Å². The second-order valence-corrected chi connectivity index (χ2v) is 8.12. The summed E-state index contributed by atoms with van der Waals surface area (Å²) in [4.78, 5) is 12.7. The summed E-state index contributed by atoms with van der Waals surface area (Å²) in [6.07, 6.45) is 0.258. The molecule has 0 saturated carbocycles. The molecule has 0 radical (unpaired) electrons. The number of nitrogens with one attached hydrogen (secondary N) is 1. The third kappa shape index (κ3) is 3.28. The highest BCUT2D eigenvalue weighted by Gasteiger charge is 2.33. The van der Waals surface area contributed by atoms with Gasteiger partial charge in [-0.1, -0.05) is 54.1 Å². The molecule has 4 heteroatoms. The number of fused-ring (bicyclic) bond motifs is 1. The number of hydrogen-bond acceptors (Lipinski definition) is 4. The highest BCUT2D eigenvalue weighted by atomic mass is 16.5. The fourth-order valence-electron chi connectivity index (χ4n) is 4.59. The van der Waals surface area contributed by atoms with Crippen LogP contribution >= 0.6 is 0 Å². The molecule has 1 aliphatic heterocycles. The highest BCUT2D eigenvalue weighted by Crippen LogP contribution is 2.50. The molecule has 31 heavy (non-hydrogen) atoms. The maximum atomic E-state index is 12.7. The van der Waals surface area contributed by atoms with Gasteiger partial charge in [0.1, 0.15) is 11.3 Å². The molecule has 1 aliphatic rings. The van der Waals surface area contributed by atoms with E-state index in [4.69, 9.17) is 9.15 Å². The molecule has 0 saturated heterocycles. The van der Waals surface area contributed by atoms with E-state index >= 15 is 0 Å². The van der Waals surface area contributed by atoms with Gasteiger partial charge >= 0.3 is 5.97 Å². The van der Waals surface area contributed by atoms with E-state index in [1.54, 1.807) is 0 Å². The van der Waals surface area contributed by atoms with E-state index in [0.717, 1.165) is 55.9 Å². The van der Waals surface area contributed by atoms with Crippen LogP contribution in [-0.2, 0) is 9.53 Å². The Morgan fingerprint density at radius 2 is 1.87 bits per heavy atom. The van der Waals surface area contributed by atoms with Crippen molar-refractivity contribution in [2.45, 2.75) is 33.1 Å². The van der Waals surface area contributed by atoms with Gasteiger partial charge in [0, 0.05) is 28.1 Å². The van der Waals surface area contributed by atoms with E-state index in [1.165, 1.54) is 0 Å². The Balaban J connectivity index is 1.85. The second-order valence-electron chi connectivity index (χ2n) is 8.12. The quantitative estimate of drug-likeness (QED) is 0.373. The van der Waals surface area contributed by atoms with Crippen LogP contribution in [0.4, 0.5) is 11.4 Å². The summed E-state index contributed by atoms with van der Waals surface area (Å²) in [7, 11) is 0. The normalized spacial score (nSPS) is 14.6. The van der Waals surface area contributed by atoms with E-state index in [9.17, 15) is 4.79 Å². The smallest absolute Gasteiger partial charge is 0.306 e. The monoisotopic (exact) mass is 411 g/mol. The number of furan rings is 1. The Morgan fingerprint density at radius 1 is 1.06 bits per heavy atom. The summed E-state index contributed by atoms with van der Waals surface area (Å²) < 4.78 is 11.8. The molecule has 0 spiro atoms. The first-order valence-electron chi connectivity index (χ1n) is 10.7. The number of rotatable bonds is 4. The summed E-state index contributed by atoms with van der Waals surface area (Å²) in [5.41, 5.74) is 8.30. The van der Waals surface area contributed by atoms with E-state index in [1.807, 2.05) is 31.2 Å². The summed E-state index contributed by atoms with van der Waals surface area (Å²) in [6.45, 7) is 6.38. The van der Waals surface area contributed by atoms with Crippen LogP contribution in [0.25, 0.3) is 22.3 Å². The fourth-order valence-corrected chi connectivity index (χ4v) is 4.59. The lowest BCUT2D eigenvalue weighted by Gasteiger charge is -2.19. The zero-order valence-electron chi connectivity index (χ0n) is 18.0. The molecule has 156 valence electrons. The second kappa shape index (κ2) is 7.62. The van der Waals surface area contributed by atoms with Gasteiger partial charge in [0.15, 0.2) is 0 Å². The first-order chi connectivity index (χ1) is 15.1. The minimum atomic E-state index is -0.204. The third-order valence-electron chi connectivity index (χ3n) is 6.00. The number of carbonyl (C=O) groups excluding carboxylic acids is 1. The number of anilines is 2. The molecule has 0 fully saturated rings. The van der Waals surface area contributed by atoms with Crippen molar-refractivity contribution in [3.05, 3.63) is 82.9 Å². The van der Waals surface area contributed by atoms with Gasteiger partial charge in [-0.15, -0.1) is 0 Å². The summed E-state index contributed by atoms with van der Waals surface area (Å²) in [6, 6.07) is 20.6. The Kier molecular flexibility index (Phi) is 4.78. The van der Waals surface area contributed by atoms with Gasteiger partial charge in [-0.2, -0.15) is 0 Å². The van der Waals surface area contributed by atoms with Crippen LogP contribution in [-0.4, -0.2) is 12.6 Å². The number of hydrogen-bond donors (Lipinski definition) is 1. The number of ether oxygens (including phenoxy) is 1. The molecule has 1 aromatic heterocycles. The fraction of sp³-hybridized carbons (Fsp3) is 0.222. The molecular formula is C27H25NO3. The topological polar surface area (TPSA) is 51.5 Å². The molecule has 3 aromatic carbocycles. The average molecular weight is 412 g/mol. The van der Waals surface area contributed by atoms with Crippen molar-refractivity contribution < 1.29 is 13.9 Å². The van der Waals surface area contributed by atoms with Gasteiger partial charge in [0.05, 0.1) is 18.7 Å². The molecule has 1 atom stereocenters. The zero-order valence-corrected chi connectivity index (χ0v) is 18.0. The first-order valence-corrected chi connectivity index (χ1v) is 10.7. The van der Waals surface area contributed by atoms with Crippen molar-refractivity contribution in [2.24, 2.45) is 0 Å². The van der Waals surface area contributed by atoms with Gasteiger partial charge in [-0.05, 0) is 44.0 Å². The van der Waals surface area contributed by atoms with E-state index in [-0.39, 0.29) is 18.3 Å². The zero-order chi connectivity index (χ0) is 21.5. The Labute approximate surface area is 181 Å². The van der Waals surface area contributed by atoms with Crippen LogP contribution in [0.2, 0.25) is 0 Å². The molecule has 4 nitrogen and oxygen atoms in total. The number of esters is 1. The van der Waals surface area contributed by atoms with Crippen LogP contribution in [0, 0.1) is 13.8 Å². The predicted molar refractivity (Wildman–Crippen MR) is 124 cm³/mol. The van der Waals surface area contributed by atoms with Crippen molar-refractivity contribution in [3.8, 4) is 11.3 Å². The summed E-state index contributed by atoms with van der Waals surface area (Å²) >= 11 is 0. The number of aryl methyl sites for hydroxylation is 2. The molecule has 5 rings (SSSR count). The van der Waals surface area contributed by atoms with Crippen molar-refractivity contribution in [1.82, 2.24) is 0 Å². The first kappa shape index (κ1) is 19.4. The lowest BCUT2D eigenvalue weighted by atomic mass is 9.84. The average Bonchev–Trinajstić information content (AvgIpc) is 3.09. The van der Waals surface area contributed by atoms with Crippen LogP contribution in [0.3, 0.4) is 0 Å². The summed E-state index contributed by atoms with van der Waals surface area (Å²) in [5, 5.41) is 4.69. The van der Waals surface area contributed by atoms with Crippen LogP contribution in [0.15, 0.2) is 65.1 Å². The third-order valence-corrected chi connectivity index (χ3v) is 6.00. The molecule has 2 heterocycles. The molecule has 0 aliphatic carbocycles. The lowest BCUT2D eigenvalue weighted by Crippen LogP contribution is -2.12. The highest BCUT2D eigenvalue weighted by molar-refractivity contribution is 6.03. The van der Waals surface area contributed by atoms with Gasteiger partial charge < -0.3 is 14.5 Å². The van der Waals surface area contributed by atoms with Gasteiger partial charge in [-0.25, -0.2) is 0 Å². The Hall–Kier alpha value is -3.53. The molecular weight excluding hydrogens is 386 g/mol. The molecule has 0 amide bonds. The molecule has 4 aromatic rings. The predicted octanol–water partition coefficient (Wildman–Crippen LogP) is 6.86. The maximum absolute atomic E-state index is 12.7. The minimum Gasteiger partial charge on any atom is -0.466 e. The van der Waals surface area contributed by atoms with Crippen molar-refractivity contribution >= 4 is 28.3 Å². The Bertz CT molecular complexity index is 1290. The van der Waals surface area contributed by atoms with Crippen molar-refractivity contribution in [2.75, 3.05) is 11.9 Å². The summed E-state index contributed by atoms with van der Waals surface area (Å²) in [5.74, 6) is 0.429. The molecule has 0 bridgehead atoms. The number of benzene rings is 3. The SMILES string of the molecule is CCOC(=O)CC1c2cc(C)ccc2Nc2c(C)ccc3oc(-c4ccccc4)c1c23. The largest absolute Gasteiger partial charge is 0.466 e. The Morgan fingerprint density at radius 3 is 2.65 bits per heavy atom. The van der Waals surface area contributed by atoms with E-state index < -0.39 is 0 Å². The maximum Gasteiger partial charge on any atom is 0.306 e. The van der Waals surface area contributed by atoms with Crippen LogP contribution < -0.4 is 5.32 Å². The van der Waals surface area contributed by atoms with Crippen LogP contribution in [0.5, 0.6) is 0 Å². The minimum absolute atomic E-state index is 0.180. The molecule has 1 unspecified atom stereocenters. The van der Waals surface area contributed by atoms with E-state index in [0.29, 0.717) is 6.61 Å². The number of carbonyl (C=O) groups is 1. The van der Waals surface area contributed by atoms with E-state index in [2.05, 4.69) is 55.6 Å². The van der Waals surface area contributed by atoms with Crippen LogP contribution in [0.1, 0.15) is 41.5 Å². The standard InChI is InChI=1S/C27H25NO3/c1-4-30-23(29)15-20-19-14-16(2)10-12-21(19)28-26-17(3)11-13-22-25(26)24(20)27(31-22)18-8-6-5-7-9-18/h5-14,20,28H,4,15H2,1-3H3. The van der Waals surface area contributed by atoms with Crippen molar-refractivity contribution in [1.29, 1.82) is 0 Å².